The Kier molecular flexibility index (Phi) is 2.99. The van der Waals surface area contributed by atoms with Crippen LogP contribution in [0.1, 0.15) is 18.9 Å². The third-order valence-corrected chi connectivity index (χ3v) is 2.66. The second-order valence-corrected chi connectivity index (χ2v) is 3.82. The van der Waals surface area contributed by atoms with Crippen LogP contribution in [0.25, 0.3) is 10.9 Å². The van der Waals surface area contributed by atoms with Crippen molar-refractivity contribution in [3.63, 3.8) is 0 Å². The Bertz CT molecular complexity index is 608. The number of carbonyl (C=O) groups is 1. The van der Waals surface area contributed by atoms with E-state index < -0.39 is 5.97 Å². The molecule has 0 saturated heterocycles. The zero-order valence-corrected chi connectivity index (χ0v) is 9.47. The zero-order chi connectivity index (χ0) is 12.4. The van der Waals surface area contributed by atoms with Crippen molar-refractivity contribution >= 4 is 16.9 Å². The van der Waals surface area contributed by atoms with E-state index in [1.54, 1.807) is 12.1 Å². The molecule has 0 fully saturated rings. The summed E-state index contributed by atoms with van der Waals surface area (Å²) in [5.41, 5.74) is 1.21. The molecule has 5 nitrogen and oxygen atoms in total. The van der Waals surface area contributed by atoms with Gasteiger partial charge < -0.3 is 9.63 Å². The average molecular weight is 235 g/mol. The van der Waals surface area contributed by atoms with Crippen molar-refractivity contribution in [2.45, 2.75) is 26.3 Å². The predicted octanol–water partition coefficient (Wildman–Crippen LogP) is 1.63. The molecule has 0 unspecified atom stereocenters. The molecular weight excluding hydrogens is 222 g/mol. The summed E-state index contributed by atoms with van der Waals surface area (Å²) in [4.78, 5) is 22.0. The molecule has 0 radical (unpaired) electrons. The van der Waals surface area contributed by atoms with E-state index in [-0.39, 0.29) is 12.0 Å². The highest BCUT2D eigenvalue weighted by molar-refractivity contribution is 5.78. The molecule has 0 bridgehead atoms. The normalized spacial score (nSPS) is 10.9. The topological polar surface area (TPSA) is 72.4 Å². The molecule has 1 N–H and O–H groups in total. The maximum atomic E-state index is 11.5. The average Bonchev–Trinajstić information content (AvgIpc) is 2.63. The highest BCUT2D eigenvalue weighted by Crippen LogP contribution is 2.15. The smallest absolute Gasteiger partial charge is 0.365 e. The van der Waals surface area contributed by atoms with Gasteiger partial charge in [0.05, 0.1) is 17.4 Å². The molecule has 0 aliphatic carbocycles. The van der Waals surface area contributed by atoms with Crippen LogP contribution >= 0.6 is 0 Å². The van der Waals surface area contributed by atoms with Crippen LogP contribution in [0.3, 0.4) is 0 Å². The number of aliphatic carboxylic acids is 1. The summed E-state index contributed by atoms with van der Waals surface area (Å²) in [7, 11) is 0. The van der Waals surface area contributed by atoms with Gasteiger partial charge in [0.1, 0.15) is 0 Å². The third-order valence-electron chi connectivity index (χ3n) is 2.66. The van der Waals surface area contributed by atoms with E-state index in [0.717, 1.165) is 11.1 Å². The Morgan fingerprint density at radius 1 is 1.47 bits per heavy atom. The second-order valence-electron chi connectivity index (χ2n) is 3.82. The van der Waals surface area contributed by atoms with Crippen LogP contribution in [0.5, 0.6) is 0 Å². The SMILES string of the molecule is CCn1oc(=O)c2cc(CCC(=O)O)ccc21. The number of rotatable bonds is 4. The maximum Gasteiger partial charge on any atom is 0.365 e. The number of benzene rings is 1. The number of carboxylic acids is 1. The van der Waals surface area contributed by atoms with E-state index in [2.05, 4.69) is 0 Å². The van der Waals surface area contributed by atoms with E-state index in [9.17, 15) is 9.59 Å². The van der Waals surface area contributed by atoms with Gasteiger partial charge in [0, 0.05) is 6.42 Å². The Hall–Kier alpha value is -2.04. The van der Waals surface area contributed by atoms with Gasteiger partial charge in [-0.05, 0) is 31.0 Å². The lowest BCUT2D eigenvalue weighted by Crippen LogP contribution is -1.98. The van der Waals surface area contributed by atoms with Gasteiger partial charge in [-0.15, -0.1) is 0 Å². The highest BCUT2D eigenvalue weighted by atomic mass is 16.5. The first-order valence-corrected chi connectivity index (χ1v) is 5.46. The standard InChI is InChI=1S/C12H13NO4/c1-2-13-10-5-3-8(4-6-11(14)15)7-9(10)12(16)17-13/h3,5,7H,2,4,6H2,1H3,(H,14,15). The lowest BCUT2D eigenvalue weighted by Gasteiger charge is -1.99. The Balaban J connectivity index is 2.40. The third kappa shape index (κ3) is 2.22. The Labute approximate surface area is 97.2 Å². The van der Waals surface area contributed by atoms with Crippen LogP contribution in [-0.4, -0.2) is 15.8 Å². The van der Waals surface area contributed by atoms with Gasteiger partial charge in [0.25, 0.3) is 0 Å². The summed E-state index contributed by atoms with van der Waals surface area (Å²) in [6, 6.07) is 5.32. The highest BCUT2D eigenvalue weighted by Gasteiger charge is 2.09. The second kappa shape index (κ2) is 4.45. The van der Waals surface area contributed by atoms with Crippen molar-refractivity contribution in [3.05, 3.63) is 34.2 Å². The molecule has 0 amide bonds. The molecule has 0 aliphatic heterocycles. The van der Waals surface area contributed by atoms with E-state index in [4.69, 9.17) is 9.63 Å². The molecule has 2 rings (SSSR count). The molecule has 90 valence electrons. The molecule has 0 saturated carbocycles. The quantitative estimate of drug-likeness (QED) is 0.874. The summed E-state index contributed by atoms with van der Waals surface area (Å²) in [5, 5.41) is 9.11. The molecule has 1 aromatic heterocycles. The van der Waals surface area contributed by atoms with Crippen molar-refractivity contribution in [3.8, 4) is 0 Å². The Morgan fingerprint density at radius 3 is 2.88 bits per heavy atom. The summed E-state index contributed by atoms with van der Waals surface area (Å²) >= 11 is 0. The van der Waals surface area contributed by atoms with Gasteiger partial charge in [-0.25, -0.2) is 9.53 Å². The van der Waals surface area contributed by atoms with Crippen LogP contribution in [0.4, 0.5) is 0 Å². The summed E-state index contributed by atoms with van der Waals surface area (Å²) in [6.07, 6.45) is 0.480. The number of hydrogen-bond acceptors (Lipinski definition) is 3. The van der Waals surface area contributed by atoms with Gasteiger partial charge in [0.15, 0.2) is 0 Å². The van der Waals surface area contributed by atoms with Crippen LogP contribution in [0.2, 0.25) is 0 Å². The Morgan fingerprint density at radius 2 is 2.24 bits per heavy atom. The van der Waals surface area contributed by atoms with E-state index in [0.29, 0.717) is 18.4 Å². The monoisotopic (exact) mass is 235 g/mol. The maximum absolute atomic E-state index is 11.5. The van der Waals surface area contributed by atoms with Gasteiger partial charge >= 0.3 is 11.6 Å². The zero-order valence-electron chi connectivity index (χ0n) is 9.47. The van der Waals surface area contributed by atoms with Crippen molar-refractivity contribution in [1.82, 2.24) is 4.74 Å². The minimum atomic E-state index is -0.844. The van der Waals surface area contributed by atoms with Gasteiger partial charge in [-0.1, -0.05) is 6.07 Å². The summed E-state index contributed by atoms with van der Waals surface area (Å²) in [6.45, 7) is 2.48. The fourth-order valence-electron chi connectivity index (χ4n) is 1.80. The van der Waals surface area contributed by atoms with Crippen LogP contribution in [0.15, 0.2) is 27.5 Å². The van der Waals surface area contributed by atoms with Crippen molar-refractivity contribution in [2.24, 2.45) is 0 Å². The molecule has 0 aliphatic rings. The minimum Gasteiger partial charge on any atom is -0.481 e. The van der Waals surface area contributed by atoms with Gasteiger partial charge in [-0.3, -0.25) is 4.79 Å². The summed E-state index contributed by atoms with van der Waals surface area (Å²) < 4.78 is 6.57. The predicted molar refractivity (Wildman–Crippen MR) is 62.1 cm³/mol. The van der Waals surface area contributed by atoms with E-state index >= 15 is 0 Å². The first-order chi connectivity index (χ1) is 8.11. The number of fused-ring (bicyclic) bond motifs is 1. The van der Waals surface area contributed by atoms with Crippen LogP contribution in [-0.2, 0) is 17.8 Å². The largest absolute Gasteiger partial charge is 0.481 e. The molecular formula is C12H13NO4. The van der Waals surface area contributed by atoms with Crippen LogP contribution < -0.4 is 5.63 Å². The fourth-order valence-corrected chi connectivity index (χ4v) is 1.80. The summed E-state index contributed by atoms with van der Waals surface area (Å²) in [5.74, 6) is -0.844. The van der Waals surface area contributed by atoms with Crippen molar-refractivity contribution in [2.75, 3.05) is 0 Å². The van der Waals surface area contributed by atoms with Crippen LogP contribution in [0, 0.1) is 0 Å². The first-order valence-electron chi connectivity index (χ1n) is 5.46. The number of hydrogen-bond donors (Lipinski definition) is 1. The lowest BCUT2D eigenvalue weighted by molar-refractivity contribution is -0.136. The minimum absolute atomic E-state index is 0.0608. The molecule has 5 heteroatoms. The first kappa shape index (κ1) is 11.4. The van der Waals surface area contributed by atoms with E-state index in [1.165, 1.54) is 4.74 Å². The van der Waals surface area contributed by atoms with Gasteiger partial charge in [-0.2, -0.15) is 0 Å². The molecule has 2 aromatic rings. The lowest BCUT2D eigenvalue weighted by atomic mass is 10.1. The van der Waals surface area contributed by atoms with E-state index in [1.807, 2.05) is 13.0 Å². The molecule has 0 atom stereocenters. The number of aryl methyl sites for hydroxylation is 2. The van der Waals surface area contributed by atoms with Crippen molar-refractivity contribution < 1.29 is 14.4 Å². The number of aromatic nitrogens is 1. The fraction of sp³-hybridized carbons (Fsp3) is 0.333. The molecule has 1 aromatic carbocycles. The molecule has 17 heavy (non-hydrogen) atoms. The number of carboxylic acid groups (broad SMARTS) is 1. The molecule has 0 spiro atoms. The van der Waals surface area contributed by atoms with Crippen molar-refractivity contribution in [1.29, 1.82) is 0 Å². The molecule has 1 heterocycles. The number of nitrogens with zero attached hydrogens (tertiary/aromatic N) is 1. The van der Waals surface area contributed by atoms with Gasteiger partial charge in [0.2, 0.25) is 0 Å².